The fraction of sp³-hybridized carbons (Fsp3) is 0.167. The average Bonchev–Trinajstić information content (AvgIpc) is 3.21. The van der Waals surface area contributed by atoms with Crippen LogP contribution in [0.3, 0.4) is 0 Å². The molecule has 7 nitrogen and oxygen atoms in total. The molecule has 0 atom stereocenters. The number of hydrogen-bond acceptors (Lipinski definition) is 6. The Labute approximate surface area is 189 Å². The van der Waals surface area contributed by atoms with Crippen LogP contribution in [0, 0.1) is 10.1 Å². The number of anilines is 1. The molecule has 1 heterocycles. The molecule has 0 aliphatic heterocycles. The van der Waals surface area contributed by atoms with Crippen molar-refractivity contribution in [1.29, 1.82) is 0 Å². The maximum atomic E-state index is 13.3. The number of nitro groups is 1. The molecule has 3 aromatic carbocycles. The van der Waals surface area contributed by atoms with E-state index in [1.165, 1.54) is 23.5 Å². The van der Waals surface area contributed by atoms with Crippen molar-refractivity contribution in [2.45, 2.75) is 19.9 Å². The second-order valence-electron chi connectivity index (χ2n) is 7.12. The van der Waals surface area contributed by atoms with Crippen LogP contribution in [0.4, 0.5) is 10.8 Å². The summed E-state index contributed by atoms with van der Waals surface area (Å²) in [6, 6.07) is 21.5. The lowest BCUT2D eigenvalue weighted by molar-refractivity contribution is -0.384. The summed E-state index contributed by atoms with van der Waals surface area (Å²) in [6.45, 7) is 2.89. The second kappa shape index (κ2) is 9.57. The third kappa shape index (κ3) is 4.92. The van der Waals surface area contributed by atoms with Crippen LogP contribution in [-0.4, -0.2) is 22.4 Å². The van der Waals surface area contributed by atoms with E-state index in [1.807, 2.05) is 55.5 Å². The predicted octanol–water partition coefficient (Wildman–Crippen LogP) is 5.38. The summed E-state index contributed by atoms with van der Waals surface area (Å²) in [5.74, 6) is 0.633. The van der Waals surface area contributed by atoms with Crippen molar-refractivity contribution in [3.05, 3.63) is 94.0 Å². The van der Waals surface area contributed by atoms with Crippen molar-refractivity contribution in [3.63, 3.8) is 0 Å². The van der Waals surface area contributed by atoms with Crippen molar-refractivity contribution in [1.82, 2.24) is 4.98 Å². The molecule has 4 rings (SSSR count). The van der Waals surface area contributed by atoms with Crippen molar-refractivity contribution in [2.75, 3.05) is 11.5 Å². The van der Waals surface area contributed by atoms with Gasteiger partial charge in [-0.25, -0.2) is 4.98 Å². The predicted molar refractivity (Wildman–Crippen MR) is 125 cm³/mol. The molecule has 32 heavy (non-hydrogen) atoms. The van der Waals surface area contributed by atoms with Gasteiger partial charge in [0.15, 0.2) is 5.13 Å². The number of nitro benzene ring substituents is 1. The van der Waals surface area contributed by atoms with Crippen LogP contribution >= 0.6 is 11.3 Å². The minimum absolute atomic E-state index is 0.00128. The van der Waals surface area contributed by atoms with Gasteiger partial charge in [-0.1, -0.05) is 53.8 Å². The number of amides is 1. The Kier molecular flexibility index (Phi) is 6.42. The molecular weight excluding hydrogens is 426 g/mol. The topological polar surface area (TPSA) is 85.6 Å². The highest BCUT2D eigenvalue weighted by molar-refractivity contribution is 7.22. The molecule has 162 valence electrons. The zero-order valence-corrected chi connectivity index (χ0v) is 18.2. The molecule has 0 aliphatic carbocycles. The van der Waals surface area contributed by atoms with E-state index in [4.69, 9.17) is 4.74 Å². The van der Waals surface area contributed by atoms with Crippen LogP contribution in [0.2, 0.25) is 0 Å². The van der Waals surface area contributed by atoms with E-state index >= 15 is 0 Å². The van der Waals surface area contributed by atoms with Gasteiger partial charge in [0.2, 0.25) is 5.91 Å². The summed E-state index contributed by atoms with van der Waals surface area (Å²) < 4.78 is 6.52. The van der Waals surface area contributed by atoms with Crippen molar-refractivity contribution in [3.8, 4) is 5.75 Å². The first-order valence-corrected chi connectivity index (χ1v) is 11.0. The lowest BCUT2D eigenvalue weighted by Crippen LogP contribution is -2.31. The van der Waals surface area contributed by atoms with E-state index < -0.39 is 4.92 Å². The van der Waals surface area contributed by atoms with Crippen LogP contribution in [0.15, 0.2) is 72.8 Å². The summed E-state index contributed by atoms with van der Waals surface area (Å²) in [5.41, 5.74) is 2.49. The van der Waals surface area contributed by atoms with Gasteiger partial charge in [-0.2, -0.15) is 0 Å². The smallest absolute Gasteiger partial charge is 0.269 e. The van der Waals surface area contributed by atoms with Gasteiger partial charge in [-0.15, -0.1) is 0 Å². The van der Waals surface area contributed by atoms with E-state index in [0.717, 1.165) is 21.5 Å². The number of hydrogen-bond donors (Lipinski definition) is 0. The lowest BCUT2D eigenvalue weighted by Gasteiger charge is -2.20. The van der Waals surface area contributed by atoms with Crippen molar-refractivity contribution >= 4 is 38.3 Å². The molecule has 0 bridgehead atoms. The lowest BCUT2D eigenvalue weighted by atomic mass is 10.1. The molecule has 0 saturated heterocycles. The summed E-state index contributed by atoms with van der Waals surface area (Å²) in [4.78, 5) is 30.1. The third-order valence-corrected chi connectivity index (χ3v) is 5.92. The van der Waals surface area contributed by atoms with Crippen LogP contribution in [0.5, 0.6) is 5.75 Å². The van der Waals surface area contributed by atoms with Gasteiger partial charge in [0.05, 0.1) is 34.7 Å². The summed E-state index contributed by atoms with van der Waals surface area (Å²) in [7, 11) is 0. The van der Waals surface area contributed by atoms with Crippen LogP contribution in [0.25, 0.3) is 10.2 Å². The molecule has 0 unspecified atom stereocenters. The number of rotatable bonds is 8. The molecule has 0 saturated carbocycles. The number of fused-ring (bicyclic) bond motifs is 1. The average molecular weight is 448 g/mol. The van der Waals surface area contributed by atoms with Gasteiger partial charge in [0, 0.05) is 12.1 Å². The number of carbonyl (C=O) groups excluding carboxylic acids is 1. The SMILES string of the molecule is CCOc1ccc2nc(N(Cc3ccccc3)C(=O)Cc3ccc([N+](=O)[O-])cc3)sc2c1. The van der Waals surface area contributed by atoms with E-state index in [-0.39, 0.29) is 18.0 Å². The molecule has 4 aromatic rings. The zero-order chi connectivity index (χ0) is 22.5. The number of nitrogens with zero attached hydrogens (tertiary/aromatic N) is 3. The largest absolute Gasteiger partial charge is 0.494 e. The molecule has 1 aromatic heterocycles. The molecule has 1 amide bonds. The first kappa shape index (κ1) is 21.5. The van der Waals surface area contributed by atoms with Gasteiger partial charge >= 0.3 is 0 Å². The van der Waals surface area contributed by atoms with Gasteiger partial charge in [-0.3, -0.25) is 19.8 Å². The van der Waals surface area contributed by atoms with Gasteiger partial charge < -0.3 is 4.74 Å². The van der Waals surface area contributed by atoms with Gasteiger partial charge in [-0.05, 0) is 36.2 Å². The maximum Gasteiger partial charge on any atom is 0.269 e. The third-order valence-electron chi connectivity index (χ3n) is 4.88. The fourth-order valence-corrected chi connectivity index (χ4v) is 4.31. The summed E-state index contributed by atoms with van der Waals surface area (Å²) in [6.07, 6.45) is 0.116. The summed E-state index contributed by atoms with van der Waals surface area (Å²) in [5, 5.41) is 11.5. The summed E-state index contributed by atoms with van der Waals surface area (Å²) >= 11 is 1.43. The zero-order valence-electron chi connectivity index (χ0n) is 17.4. The Morgan fingerprint density at radius 2 is 1.81 bits per heavy atom. The Hall–Kier alpha value is -3.78. The van der Waals surface area contributed by atoms with E-state index in [1.54, 1.807) is 17.0 Å². The Morgan fingerprint density at radius 1 is 1.06 bits per heavy atom. The standard InChI is InChI=1S/C24H21N3O4S/c1-2-31-20-12-13-21-22(15-20)32-24(25-21)26(16-18-6-4-3-5-7-18)23(28)14-17-8-10-19(11-9-17)27(29)30/h3-13,15H,2,14,16H2,1H3. The van der Waals surface area contributed by atoms with Crippen LogP contribution < -0.4 is 9.64 Å². The molecule has 0 fully saturated rings. The molecule has 0 aliphatic rings. The number of aromatic nitrogens is 1. The molecular formula is C24H21N3O4S. The van der Waals surface area contributed by atoms with Crippen LogP contribution in [-0.2, 0) is 17.8 Å². The second-order valence-corrected chi connectivity index (χ2v) is 8.13. The molecule has 8 heteroatoms. The van der Waals surface area contributed by atoms with Crippen molar-refractivity contribution in [2.24, 2.45) is 0 Å². The number of thiazole rings is 1. The molecule has 0 N–H and O–H groups in total. The van der Waals surface area contributed by atoms with Crippen LogP contribution in [0.1, 0.15) is 18.1 Å². The van der Waals surface area contributed by atoms with Gasteiger partial charge in [0.25, 0.3) is 5.69 Å². The number of non-ortho nitro benzene ring substituents is 1. The van der Waals surface area contributed by atoms with Gasteiger partial charge in [0.1, 0.15) is 5.75 Å². The maximum absolute atomic E-state index is 13.3. The first-order valence-electron chi connectivity index (χ1n) is 10.1. The highest BCUT2D eigenvalue weighted by atomic mass is 32.1. The van der Waals surface area contributed by atoms with E-state index in [9.17, 15) is 14.9 Å². The Morgan fingerprint density at radius 3 is 2.50 bits per heavy atom. The number of benzene rings is 3. The normalized spacial score (nSPS) is 10.8. The monoisotopic (exact) mass is 447 g/mol. The minimum atomic E-state index is -0.453. The molecule has 0 spiro atoms. The minimum Gasteiger partial charge on any atom is -0.494 e. The van der Waals surface area contributed by atoms with E-state index in [0.29, 0.717) is 23.8 Å². The fourth-order valence-electron chi connectivity index (χ4n) is 3.30. The quantitative estimate of drug-likeness (QED) is 0.267. The number of carbonyl (C=O) groups is 1. The van der Waals surface area contributed by atoms with Crippen molar-refractivity contribution < 1.29 is 14.5 Å². The highest BCUT2D eigenvalue weighted by Crippen LogP contribution is 2.32. The van der Waals surface area contributed by atoms with E-state index in [2.05, 4.69) is 4.98 Å². The Bertz CT molecular complexity index is 1240. The highest BCUT2D eigenvalue weighted by Gasteiger charge is 2.21. The number of ether oxygens (including phenoxy) is 1. The first-order chi connectivity index (χ1) is 15.5. The molecule has 0 radical (unpaired) electrons. The Balaban J connectivity index is 1.64.